The van der Waals surface area contributed by atoms with Gasteiger partial charge in [-0.2, -0.15) is 4.99 Å². The molecule has 84 valence electrons. The van der Waals surface area contributed by atoms with Crippen LogP contribution in [0.1, 0.15) is 12.5 Å². The number of aryl methyl sites for hydroxylation is 1. The Labute approximate surface area is 93.1 Å². The van der Waals surface area contributed by atoms with Gasteiger partial charge in [-0.25, -0.2) is 9.59 Å². The molecule has 0 unspecified atom stereocenters. The highest BCUT2D eigenvalue weighted by atomic mass is 16.5. The van der Waals surface area contributed by atoms with Crippen molar-refractivity contribution < 1.29 is 14.3 Å². The van der Waals surface area contributed by atoms with Crippen LogP contribution >= 0.6 is 0 Å². The Morgan fingerprint density at radius 2 is 2.31 bits per heavy atom. The van der Waals surface area contributed by atoms with Crippen molar-refractivity contribution in [2.75, 3.05) is 11.9 Å². The van der Waals surface area contributed by atoms with Crippen LogP contribution in [0.25, 0.3) is 0 Å². The molecule has 0 bridgehead atoms. The molecule has 0 saturated carbocycles. The molecule has 5 heteroatoms. The van der Waals surface area contributed by atoms with Gasteiger partial charge in [-0.05, 0) is 25.5 Å². The molecule has 0 heterocycles. The van der Waals surface area contributed by atoms with Crippen molar-refractivity contribution in [1.29, 1.82) is 0 Å². The Kier molecular flexibility index (Phi) is 4.24. The van der Waals surface area contributed by atoms with E-state index < -0.39 is 6.09 Å². The molecular formula is C11H12N2O3. The van der Waals surface area contributed by atoms with Crippen LogP contribution in [0, 0.1) is 6.92 Å². The molecule has 5 nitrogen and oxygen atoms in total. The molecule has 1 amide bonds. The second-order valence-electron chi connectivity index (χ2n) is 3.02. The third kappa shape index (κ3) is 2.93. The molecule has 0 radical (unpaired) electrons. The van der Waals surface area contributed by atoms with E-state index in [1.165, 1.54) is 6.08 Å². The highest BCUT2D eigenvalue weighted by molar-refractivity contribution is 5.89. The standard InChI is InChI=1S/C11H12N2O3/c1-3-16-11(15)13-9-6-4-5-8(2)10(9)12-7-14/h4-6H,3H2,1-2H3,(H,13,15). The quantitative estimate of drug-likeness (QED) is 0.628. The SMILES string of the molecule is CCOC(=O)Nc1cccc(C)c1N=C=O. The fraction of sp³-hybridized carbons (Fsp3) is 0.273. The minimum atomic E-state index is -0.574. The van der Waals surface area contributed by atoms with Crippen LogP contribution in [-0.2, 0) is 9.53 Å². The van der Waals surface area contributed by atoms with Gasteiger partial charge in [0, 0.05) is 0 Å². The lowest BCUT2D eigenvalue weighted by Gasteiger charge is -2.08. The van der Waals surface area contributed by atoms with Crippen molar-refractivity contribution in [2.24, 2.45) is 4.99 Å². The van der Waals surface area contributed by atoms with E-state index >= 15 is 0 Å². The van der Waals surface area contributed by atoms with Crippen LogP contribution in [0.2, 0.25) is 0 Å². The lowest BCUT2D eigenvalue weighted by molar-refractivity contribution is 0.168. The van der Waals surface area contributed by atoms with Crippen molar-refractivity contribution in [2.45, 2.75) is 13.8 Å². The number of hydrogen-bond donors (Lipinski definition) is 1. The minimum absolute atomic E-state index is 0.282. The predicted molar refractivity (Wildman–Crippen MR) is 59.6 cm³/mol. The first kappa shape index (κ1) is 11.9. The number of carbonyl (C=O) groups is 1. The molecule has 1 N–H and O–H groups in total. The molecule has 1 rings (SSSR count). The summed E-state index contributed by atoms with van der Waals surface area (Å²) in [5, 5.41) is 2.50. The molecular weight excluding hydrogens is 208 g/mol. The number of para-hydroxylation sites is 1. The number of nitrogens with one attached hydrogen (secondary N) is 1. The number of benzene rings is 1. The maximum atomic E-state index is 11.2. The van der Waals surface area contributed by atoms with E-state index in [1.807, 2.05) is 0 Å². The van der Waals surface area contributed by atoms with Crippen molar-refractivity contribution in [1.82, 2.24) is 0 Å². The highest BCUT2D eigenvalue weighted by Gasteiger charge is 2.08. The molecule has 0 aromatic heterocycles. The third-order valence-corrected chi connectivity index (χ3v) is 1.91. The summed E-state index contributed by atoms with van der Waals surface area (Å²) in [5.74, 6) is 0. The van der Waals surface area contributed by atoms with Gasteiger partial charge in [0.1, 0.15) is 5.69 Å². The van der Waals surface area contributed by atoms with Gasteiger partial charge in [-0.1, -0.05) is 12.1 Å². The molecule has 0 spiro atoms. The van der Waals surface area contributed by atoms with Gasteiger partial charge in [-0.15, -0.1) is 0 Å². The second kappa shape index (κ2) is 5.68. The first-order chi connectivity index (χ1) is 7.69. The summed E-state index contributed by atoms with van der Waals surface area (Å²) >= 11 is 0. The Morgan fingerprint density at radius 3 is 2.94 bits per heavy atom. The van der Waals surface area contributed by atoms with Gasteiger partial charge >= 0.3 is 6.09 Å². The van der Waals surface area contributed by atoms with Crippen LogP contribution in [0.5, 0.6) is 0 Å². The van der Waals surface area contributed by atoms with Gasteiger partial charge in [-0.3, -0.25) is 5.32 Å². The fourth-order valence-electron chi connectivity index (χ4n) is 1.23. The molecule has 0 saturated heterocycles. The summed E-state index contributed by atoms with van der Waals surface area (Å²) in [7, 11) is 0. The molecule has 16 heavy (non-hydrogen) atoms. The smallest absolute Gasteiger partial charge is 0.411 e. The number of amides is 1. The van der Waals surface area contributed by atoms with E-state index in [2.05, 4.69) is 10.3 Å². The van der Waals surface area contributed by atoms with Crippen molar-refractivity contribution in [3.8, 4) is 0 Å². The van der Waals surface area contributed by atoms with Crippen LogP contribution < -0.4 is 5.32 Å². The zero-order chi connectivity index (χ0) is 12.0. The van der Waals surface area contributed by atoms with Crippen LogP contribution in [-0.4, -0.2) is 18.8 Å². The summed E-state index contributed by atoms with van der Waals surface area (Å²) < 4.78 is 4.73. The number of hydrogen-bond acceptors (Lipinski definition) is 4. The van der Waals surface area contributed by atoms with Crippen LogP contribution in [0.15, 0.2) is 23.2 Å². The van der Waals surface area contributed by atoms with E-state index in [-0.39, 0.29) is 6.61 Å². The molecule has 1 aromatic rings. The highest BCUT2D eigenvalue weighted by Crippen LogP contribution is 2.28. The monoisotopic (exact) mass is 220 g/mol. The summed E-state index contributed by atoms with van der Waals surface area (Å²) in [5.41, 5.74) is 1.60. The molecule has 0 atom stereocenters. The van der Waals surface area contributed by atoms with Gasteiger partial charge in [0.15, 0.2) is 0 Å². The average molecular weight is 220 g/mol. The van der Waals surface area contributed by atoms with Gasteiger partial charge < -0.3 is 4.74 Å². The van der Waals surface area contributed by atoms with Gasteiger partial charge in [0.25, 0.3) is 0 Å². The zero-order valence-electron chi connectivity index (χ0n) is 9.11. The first-order valence-electron chi connectivity index (χ1n) is 4.80. The largest absolute Gasteiger partial charge is 0.450 e. The third-order valence-electron chi connectivity index (χ3n) is 1.91. The Balaban J connectivity index is 2.99. The van der Waals surface area contributed by atoms with E-state index in [0.717, 1.165) is 5.56 Å². The van der Waals surface area contributed by atoms with Crippen molar-refractivity contribution in [3.63, 3.8) is 0 Å². The van der Waals surface area contributed by atoms with Crippen molar-refractivity contribution in [3.05, 3.63) is 23.8 Å². The molecule has 0 aliphatic rings. The minimum Gasteiger partial charge on any atom is -0.450 e. The van der Waals surface area contributed by atoms with Crippen molar-refractivity contribution >= 4 is 23.5 Å². The van der Waals surface area contributed by atoms with Crippen LogP contribution in [0.4, 0.5) is 16.2 Å². The Bertz CT molecular complexity index is 437. The molecule has 0 fully saturated rings. The predicted octanol–water partition coefficient (Wildman–Crippen LogP) is 2.53. The maximum Gasteiger partial charge on any atom is 0.411 e. The fourth-order valence-corrected chi connectivity index (χ4v) is 1.23. The summed E-state index contributed by atoms with van der Waals surface area (Å²) in [6.07, 6.45) is 0.880. The summed E-state index contributed by atoms with van der Waals surface area (Å²) in [4.78, 5) is 25.0. The zero-order valence-corrected chi connectivity index (χ0v) is 9.11. The van der Waals surface area contributed by atoms with Gasteiger partial charge in [0.2, 0.25) is 6.08 Å². The number of ether oxygens (including phenoxy) is 1. The summed E-state index contributed by atoms with van der Waals surface area (Å²) in [6, 6.07) is 5.17. The number of nitrogens with zero attached hydrogens (tertiary/aromatic N) is 1. The Morgan fingerprint density at radius 1 is 1.56 bits per heavy atom. The first-order valence-corrected chi connectivity index (χ1v) is 4.80. The lowest BCUT2D eigenvalue weighted by Crippen LogP contribution is -2.13. The van der Waals surface area contributed by atoms with Gasteiger partial charge in [0.05, 0.1) is 12.3 Å². The molecule has 1 aromatic carbocycles. The topological polar surface area (TPSA) is 67.8 Å². The Hall–Kier alpha value is -2.13. The number of aliphatic imine (C=N–C) groups is 1. The van der Waals surface area contributed by atoms with E-state index in [0.29, 0.717) is 11.4 Å². The number of carbonyl (C=O) groups excluding carboxylic acids is 2. The molecule has 0 aliphatic carbocycles. The summed E-state index contributed by atoms with van der Waals surface area (Å²) in [6.45, 7) is 3.77. The molecule has 0 aliphatic heterocycles. The van der Waals surface area contributed by atoms with Crippen LogP contribution in [0.3, 0.4) is 0 Å². The lowest BCUT2D eigenvalue weighted by atomic mass is 10.2. The van der Waals surface area contributed by atoms with E-state index in [4.69, 9.17) is 4.74 Å². The van der Waals surface area contributed by atoms with E-state index in [1.54, 1.807) is 32.0 Å². The van der Waals surface area contributed by atoms with E-state index in [9.17, 15) is 9.59 Å². The number of rotatable bonds is 3. The normalized spacial score (nSPS) is 9.12. The second-order valence-corrected chi connectivity index (χ2v) is 3.02. The number of anilines is 1. The maximum absolute atomic E-state index is 11.2. The number of isocyanates is 1. The average Bonchev–Trinajstić information content (AvgIpc) is 2.23.